The summed E-state index contributed by atoms with van der Waals surface area (Å²) in [4.78, 5) is 12.1. The molecule has 3 nitrogen and oxygen atoms in total. The van der Waals surface area contributed by atoms with Crippen LogP contribution < -0.4 is 0 Å². The Morgan fingerprint density at radius 1 is 0.609 bits per heavy atom. The fraction of sp³-hybridized carbons (Fsp3) is 0.100. The van der Waals surface area contributed by atoms with Crippen molar-refractivity contribution in [1.82, 2.24) is 4.98 Å². The smallest absolute Gasteiger partial charge is 0.0630 e. The predicted molar refractivity (Wildman–Crippen MR) is 99.5 cm³/mol. The summed E-state index contributed by atoms with van der Waals surface area (Å²) < 4.78 is 0. The van der Waals surface area contributed by atoms with Gasteiger partial charge in [-0.1, -0.05) is 50.2 Å². The van der Waals surface area contributed by atoms with E-state index in [0.29, 0.717) is 0 Å². The Labute approximate surface area is 137 Å². The third-order valence-corrected chi connectivity index (χ3v) is 2.95. The van der Waals surface area contributed by atoms with Gasteiger partial charge in [0.2, 0.25) is 0 Å². The molecule has 3 rings (SSSR count). The number of aliphatic imine (C=N–C) groups is 2. The Bertz CT molecular complexity index is 677. The first kappa shape index (κ1) is 16.4. The van der Waals surface area contributed by atoms with Gasteiger partial charge in [0.15, 0.2) is 0 Å². The summed E-state index contributed by atoms with van der Waals surface area (Å²) in [5.74, 6) is 0. The molecule has 0 atom stereocenters. The van der Waals surface area contributed by atoms with Crippen LogP contribution in [0, 0.1) is 0 Å². The minimum absolute atomic E-state index is 0.937. The number of aromatic nitrogens is 1. The third kappa shape index (κ3) is 5.40. The van der Waals surface area contributed by atoms with Crippen LogP contribution in [-0.4, -0.2) is 17.4 Å². The molecule has 0 bridgehead atoms. The quantitative estimate of drug-likeness (QED) is 0.615. The molecule has 0 amide bonds. The number of hydrogen-bond acceptors (Lipinski definition) is 2. The molecule has 116 valence electrons. The highest BCUT2D eigenvalue weighted by atomic mass is 14.8. The van der Waals surface area contributed by atoms with Crippen molar-refractivity contribution >= 4 is 23.8 Å². The zero-order chi connectivity index (χ0) is 16.3. The van der Waals surface area contributed by atoms with Gasteiger partial charge < -0.3 is 4.98 Å². The van der Waals surface area contributed by atoms with Crippen LogP contribution >= 0.6 is 0 Å². The second kappa shape index (κ2) is 9.15. The number of nitrogens with zero attached hydrogens (tertiary/aromatic N) is 2. The monoisotopic (exact) mass is 303 g/mol. The van der Waals surface area contributed by atoms with Gasteiger partial charge in [-0.15, -0.1) is 0 Å². The van der Waals surface area contributed by atoms with Crippen molar-refractivity contribution in [1.29, 1.82) is 0 Å². The van der Waals surface area contributed by atoms with Crippen LogP contribution in [0.1, 0.15) is 25.2 Å². The Balaban J connectivity index is 0.000000924. The van der Waals surface area contributed by atoms with Gasteiger partial charge in [-0.2, -0.15) is 0 Å². The first-order valence-corrected chi connectivity index (χ1v) is 7.77. The van der Waals surface area contributed by atoms with E-state index in [1.165, 1.54) is 0 Å². The summed E-state index contributed by atoms with van der Waals surface area (Å²) >= 11 is 0. The molecule has 0 saturated heterocycles. The number of nitrogens with one attached hydrogen (secondary N) is 1. The topological polar surface area (TPSA) is 40.5 Å². The SMILES string of the molecule is C(=Nc1ccccc1)c1ccc(C=Nc2ccccc2)[nH]1.CC. The fourth-order valence-corrected chi connectivity index (χ4v) is 1.90. The van der Waals surface area contributed by atoms with Crippen molar-refractivity contribution in [3.05, 3.63) is 84.2 Å². The van der Waals surface area contributed by atoms with E-state index in [1.54, 1.807) is 0 Å². The zero-order valence-corrected chi connectivity index (χ0v) is 13.5. The molecule has 0 radical (unpaired) electrons. The Morgan fingerprint density at radius 2 is 1.00 bits per heavy atom. The number of aromatic amines is 1. The van der Waals surface area contributed by atoms with E-state index in [0.717, 1.165) is 22.8 Å². The van der Waals surface area contributed by atoms with Crippen LogP contribution in [0.15, 0.2) is 82.8 Å². The Kier molecular flexibility index (Phi) is 6.54. The molecule has 0 spiro atoms. The second-order valence-corrected chi connectivity index (χ2v) is 4.56. The predicted octanol–water partition coefficient (Wildman–Crippen LogP) is 5.54. The summed E-state index contributed by atoms with van der Waals surface area (Å²) in [5, 5.41) is 0. The average molecular weight is 303 g/mol. The molecule has 1 heterocycles. The van der Waals surface area contributed by atoms with Crippen molar-refractivity contribution in [2.45, 2.75) is 13.8 Å². The number of hydrogen-bond donors (Lipinski definition) is 1. The number of para-hydroxylation sites is 2. The maximum Gasteiger partial charge on any atom is 0.0630 e. The van der Waals surface area contributed by atoms with E-state index in [9.17, 15) is 0 Å². The van der Waals surface area contributed by atoms with E-state index in [2.05, 4.69) is 15.0 Å². The van der Waals surface area contributed by atoms with E-state index in [4.69, 9.17) is 0 Å². The molecular weight excluding hydrogens is 282 g/mol. The van der Waals surface area contributed by atoms with Gasteiger partial charge >= 0.3 is 0 Å². The van der Waals surface area contributed by atoms with E-state index < -0.39 is 0 Å². The van der Waals surface area contributed by atoms with Gasteiger partial charge in [-0.3, -0.25) is 9.98 Å². The van der Waals surface area contributed by atoms with Crippen LogP contribution in [0.25, 0.3) is 0 Å². The normalized spacial score (nSPS) is 10.7. The van der Waals surface area contributed by atoms with Crippen LogP contribution in [0.5, 0.6) is 0 Å². The molecule has 0 unspecified atom stereocenters. The second-order valence-electron chi connectivity index (χ2n) is 4.56. The molecule has 0 fully saturated rings. The lowest BCUT2D eigenvalue weighted by Crippen LogP contribution is -1.83. The molecule has 0 aliphatic heterocycles. The van der Waals surface area contributed by atoms with Gasteiger partial charge in [0.1, 0.15) is 0 Å². The molecule has 0 aliphatic carbocycles. The minimum Gasteiger partial charge on any atom is -0.353 e. The van der Waals surface area contributed by atoms with Gasteiger partial charge in [0.05, 0.1) is 35.2 Å². The van der Waals surface area contributed by atoms with Crippen LogP contribution in [0.3, 0.4) is 0 Å². The van der Waals surface area contributed by atoms with Crippen molar-refractivity contribution in [3.8, 4) is 0 Å². The van der Waals surface area contributed by atoms with E-state index in [1.807, 2.05) is 99.1 Å². The Hall–Kier alpha value is -2.94. The maximum absolute atomic E-state index is 4.41. The highest BCUT2D eigenvalue weighted by molar-refractivity contribution is 5.85. The Morgan fingerprint density at radius 3 is 1.39 bits per heavy atom. The molecule has 0 saturated carbocycles. The molecule has 1 N–H and O–H groups in total. The summed E-state index contributed by atoms with van der Waals surface area (Å²) in [6.07, 6.45) is 3.63. The lowest BCUT2D eigenvalue weighted by Gasteiger charge is -1.92. The first-order valence-electron chi connectivity index (χ1n) is 7.77. The average Bonchev–Trinajstić information content (AvgIpc) is 3.10. The highest BCUT2D eigenvalue weighted by Gasteiger charge is 1.94. The molecular formula is C20H21N3. The largest absolute Gasteiger partial charge is 0.353 e. The van der Waals surface area contributed by atoms with E-state index in [-0.39, 0.29) is 0 Å². The lowest BCUT2D eigenvalue weighted by atomic mass is 10.3. The van der Waals surface area contributed by atoms with Crippen molar-refractivity contribution in [2.75, 3.05) is 0 Å². The fourth-order valence-electron chi connectivity index (χ4n) is 1.90. The van der Waals surface area contributed by atoms with Gasteiger partial charge in [-0.05, 0) is 36.4 Å². The van der Waals surface area contributed by atoms with Crippen LogP contribution in [0.4, 0.5) is 11.4 Å². The molecule has 1 aromatic heterocycles. The van der Waals surface area contributed by atoms with Crippen molar-refractivity contribution < 1.29 is 0 Å². The van der Waals surface area contributed by atoms with Gasteiger partial charge in [0, 0.05) is 0 Å². The standard InChI is InChI=1S/C18H15N3.C2H6/c1-3-7-15(8-4-1)19-13-17-11-12-18(21-17)14-20-16-9-5-2-6-10-16;1-2/h1-14,21H;1-2H3. The summed E-state index contributed by atoms with van der Waals surface area (Å²) in [6, 6.07) is 23.7. The maximum atomic E-state index is 4.41. The molecule has 0 aliphatic rings. The summed E-state index contributed by atoms with van der Waals surface area (Å²) in [5.41, 5.74) is 3.78. The molecule has 3 heteroatoms. The van der Waals surface area contributed by atoms with Gasteiger partial charge in [0.25, 0.3) is 0 Å². The number of rotatable bonds is 4. The first-order chi connectivity index (χ1) is 11.4. The van der Waals surface area contributed by atoms with Crippen LogP contribution in [-0.2, 0) is 0 Å². The summed E-state index contributed by atoms with van der Waals surface area (Å²) in [7, 11) is 0. The van der Waals surface area contributed by atoms with Gasteiger partial charge in [-0.25, -0.2) is 0 Å². The minimum atomic E-state index is 0.937. The molecule has 2 aromatic carbocycles. The molecule has 3 aromatic rings. The lowest BCUT2D eigenvalue weighted by molar-refractivity contribution is 1.35. The summed E-state index contributed by atoms with van der Waals surface area (Å²) in [6.45, 7) is 4.00. The third-order valence-electron chi connectivity index (χ3n) is 2.95. The number of benzene rings is 2. The van der Waals surface area contributed by atoms with Crippen LogP contribution in [0.2, 0.25) is 0 Å². The highest BCUT2D eigenvalue weighted by Crippen LogP contribution is 2.11. The van der Waals surface area contributed by atoms with Crippen molar-refractivity contribution in [2.24, 2.45) is 9.98 Å². The van der Waals surface area contributed by atoms with Crippen molar-refractivity contribution in [3.63, 3.8) is 0 Å². The molecule has 23 heavy (non-hydrogen) atoms. The van der Waals surface area contributed by atoms with E-state index >= 15 is 0 Å². The zero-order valence-electron chi connectivity index (χ0n) is 13.5. The number of H-pyrrole nitrogens is 1.